The summed E-state index contributed by atoms with van der Waals surface area (Å²) in [5.41, 5.74) is -0.318. The number of rotatable bonds is 1. The quantitative estimate of drug-likeness (QED) is 0.511. The summed E-state index contributed by atoms with van der Waals surface area (Å²) in [5, 5.41) is 0. The van der Waals surface area contributed by atoms with Crippen molar-refractivity contribution in [2.75, 3.05) is 0 Å². The van der Waals surface area contributed by atoms with E-state index in [4.69, 9.17) is 0 Å². The minimum Gasteiger partial charge on any atom is -0.462 e. The first-order valence-electron chi connectivity index (χ1n) is 6.07. The predicted molar refractivity (Wildman–Crippen MR) is 71.0 cm³/mol. The summed E-state index contributed by atoms with van der Waals surface area (Å²) in [5.74, 6) is 1.03. The van der Waals surface area contributed by atoms with Gasteiger partial charge in [0.15, 0.2) is 0 Å². The fourth-order valence-electron chi connectivity index (χ4n) is 1.63. The van der Waals surface area contributed by atoms with Crippen LogP contribution in [-0.2, 0) is 9.53 Å². The summed E-state index contributed by atoms with van der Waals surface area (Å²) in [6.45, 7) is 8.30. The lowest BCUT2D eigenvalue weighted by Gasteiger charge is -2.14. The van der Waals surface area contributed by atoms with E-state index in [0.717, 1.165) is 5.92 Å². The smallest absolute Gasteiger partial charge is 0.293 e. The second kappa shape index (κ2) is 9.95. The van der Waals surface area contributed by atoms with Gasteiger partial charge in [0.05, 0.1) is 0 Å². The van der Waals surface area contributed by atoms with Gasteiger partial charge >= 0.3 is 0 Å². The molecule has 1 aliphatic rings. The Labute approximate surface area is 107 Å². The van der Waals surface area contributed by atoms with E-state index >= 15 is 0 Å². The third-order valence-corrected chi connectivity index (χ3v) is 2.55. The first-order valence-corrected chi connectivity index (χ1v) is 6.07. The Kier molecular flexibility index (Phi) is 11.3. The number of ether oxygens (including phenoxy) is 1. The van der Waals surface area contributed by atoms with Crippen LogP contribution in [0.15, 0.2) is 0 Å². The SMILES string of the molecule is CC(C)(C)OC=O.CC1CCCCCC1.Cl. The first-order chi connectivity index (χ1) is 6.95. The van der Waals surface area contributed by atoms with Crippen molar-refractivity contribution >= 4 is 18.9 Å². The fourth-order valence-corrected chi connectivity index (χ4v) is 1.63. The minimum atomic E-state index is -0.318. The summed E-state index contributed by atoms with van der Waals surface area (Å²) in [6.07, 6.45) is 8.93. The maximum absolute atomic E-state index is 9.60. The van der Waals surface area contributed by atoms with E-state index in [1.54, 1.807) is 0 Å². The van der Waals surface area contributed by atoms with Crippen molar-refractivity contribution in [2.45, 2.75) is 71.8 Å². The molecule has 0 atom stereocenters. The van der Waals surface area contributed by atoms with Crippen LogP contribution in [0, 0.1) is 5.92 Å². The molecule has 0 N–H and O–H groups in total. The Morgan fingerprint density at radius 1 is 1.06 bits per heavy atom. The zero-order valence-corrected chi connectivity index (χ0v) is 11.9. The van der Waals surface area contributed by atoms with Gasteiger partial charge in [0, 0.05) is 0 Å². The second-order valence-corrected chi connectivity index (χ2v) is 5.42. The molecule has 1 rings (SSSR count). The van der Waals surface area contributed by atoms with Crippen LogP contribution in [0.2, 0.25) is 0 Å². The van der Waals surface area contributed by atoms with Crippen molar-refractivity contribution < 1.29 is 9.53 Å². The number of halogens is 1. The van der Waals surface area contributed by atoms with Crippen molar-refractivity contribution in [3.05, 3.63) is 0 Å². The van der Waals surface area contributed by atoms with Crippen LogP contribution < -0.4 is 0 Å². The molecule has 1 aliphatic carbocycles. The molecule has 16 heavy (non-hydrogen) atoms. The molecule has 0 bridgehead atoms. The van der Waals surface area contributed by atoms with Gasteiger partial charge in [-0.05, 0) is 26.7 Å². The van der Waals surface area contributed by atoms with E-state index in [0.29, 0.717) is 6.47 Å². The van der Waals surface area contributed by atoms with Crippen LogP contribution in [0.3, 0.4) is 0 Å². The molecule has 0 unspecified atom stereocenters. The summed E-state index contributed by atoms with van der Waals surface area (Å²) < 4.78 is 4.55. The average Bonchev–Trinajstić information content (AvgIpc) is 2.31. The van der Waals surface area contributed by atoms with Gasteiger partial charge in [-0.1, -0.05) is 45.4 Å². The minimum absolute atomic E-state index is 0. The maximum Gasteiger partial charge on any atom is 0.293 e. The van der Waals surface area contributed by atoms with E-state index < -0.39 is 0 Å². The maximum atomic E-state index is 9.60. The van der Waals surface area contributed by atoms with Crippen LogP contribution in [0.1, 0.15) is 66.2 Å². The van der Waals surface area contributed by atoms with Crippen LogP contribution in [0.5, 0.6) is 0 Å². The number of hydrogen-bond acceptors (Lipinski definition) is 2. The molecule has 98 valence electrons. The molecular formula is C13H27ClO2. The van der Waals surface area contributed by atoms with Gasteiger partial charge in [-0.2, -0.15) is 0 Å². The monoisotopic (exact) mass is 250 g/mol. The summed E-state index contributed by atoms with van der Waals surface area (Å²) in [7, 11) is 0. The second-order valence-electron chi connectivity index (χ2n) is 5.42. The van der Waals surface area contributed by atoms with Gasteiger partial charge in [-0.25, -0.2) is 0 Å². The topological polar surface area (TPSA) is 26.3 Å². The lowest BCUT2D eigenvalue weighted by Crippen LogP contribution is -2.17. The first kappa shape index (κ1) is 18.1. The summed E-state index contributed by atoms with van der Waals surface area (Å²) in [4.78, 5) is 9.60. The lowest BCUT2D eigenvalue weighted by molar-refractivity contribution is -0.138. The van der Waals surface area contributed by atoms with Crippen molar-refractivity contribution in [1.82, 2.24) is 0 Å². The Hall–Kier alpha value is -0.240. The lowest BCUT2D eigenvalue weighted by atomic mass is 10.0. The van der Waals surface area contributed by atoms with E-state index in [2.05, 4.69) is 11.7 Å². The molecule has 0 aromatic rings. The Morgan fingerprint density at radius 2 is 1.50 bits per heavy atom. The van der Waals surface area contributed by atoms with Crippen LogP contribution in [-0.4, -0.2) is 12.1 Å². The zero-order valence-electron chi connectivity index (χ0n) is 11.1. The van der Waals surface area contributed by atoms with Crippen molar-refractivity contribution in [2.24, 2.45) is 5.92 Å². The molecule has 1 fully saturated rings. The third kappa shape index (κ3) is 13.8. The Balaban J connectivity index is 0. The van der Waals surface area contributed by atoms with E-state index in [1.165, 1.54) is 38.5 Å². The highest BCUT2D eigenvalue weighted by Crippen LogP contribution is 2.21. The van der Waals surface area contributed by atoms with Crippen molar-refractivity contribution in [3.8, 4) is 0 Å². The summed E-state index contributed by atoms with van der Waals surface area (Å²) >= 11 is 0. The molecule has 0 aromatic carbocycles. The van der Waals surface area contributed by atoms with Gasteiger partial charge in [-0.15, -0.1) is 12.4 Å². The summed E-state index contributed by atoms with van der Waals surface area (Å²) in [6, 6.07) is 0. The van der Waals surface area contributed by atoms with Gasteiger partial charge in [0.1, 0.15) is 5.60 Å². The molecule has 0 spiro atoms. The van der Waals surface area contributed by atoms with E-state index in [9.17, 15) is 4.79 Å². The molecule has 0 aromatic heterocycles. The number of carbonyl (C=O) groups excluding carboxylic acids is 1. The highest BCUT2D eigenvalue weighted by molar-refractivity contribution is 5.85. The molecular weight excluding hydrogens is 224 g/mol. The number of carbonyl (C=O) groups is 1. The van der Waals surface area contributed by atoms with Crippen molar-refractivity contribution in [3.63, 3.8) is 0 Å². The molecule has 1 saturated carbocycles. The molecule has 2 nitrogen and oxygen atoms in total. The molecule has 0 aliphatic heterocycles. The van der Waals surface area contributed by atoms with Gasteiger partial charge in [0.25, 0.3) is 6.47 Å². The fraction of sp³-hybridized carbons (Fsp3) is 0.923. The zero-order chi connectivity index (χ0) is 11.7. The predicted octanol–water partition coefficient (Wildman–Crippen LogP) is 4.36. The molecule has 0 radical (unpaired) electrons. The molecule has 3 heteroatoms. The van der Waals surface area contributed by atoms with Gasteiger partial charge < -0.3 is 4.74 Å². The average molecular weight is 251 g/mol. The van der Waals surface area contributed by atoms with E-state index in [-0.39, 0.29) is 18.0 Å². The Morgan fingerprint density at radius 3 is 1.75 bits per heavy atom. The molecule has 0 saturated heterocycles. The largest absolute Gasteiger partial charge is 0.462 e. The molecule has 0 amide bonds. The van der Waals surface area contributed by atoms with Crippen molar-refractivity contribution in [1.29, 1.82) is 0 Å². The van der Waals surface area contributed by atoms with E-state index in [1.807, 2.05) is 20.8 Å². The Bertz CT molecular complexity index is 156. The van der Waals surface area contributed by atoms with Crippen LogP contribution in [0.25, 0.3) is 0 Å². The highest BCUT2D eigenvalue weighted by atomic mass is 35.5. The van der Waals surface area contributed by atoms with Crippen LogP contribution in [0.4, 0.5) is 0 Å². The van der Waals surface area contributed by atoms with Gasteiger partial charge in [0.2, 0.25) is 0 Å². The number of hydrogen-bond donors (Lipinski definition) is 0. The van der Waals surface area contributed by atoms with Gasteiger partial charge in [-0.3, -0.25) is 4.79 Å². The normalized spacial score (nSPS) is 17.2. The third-order valence-electron chi connectivity index (χ3n) is 2.55. The molecule has 0 heterocycles. The standard InChI is InChI=1S/C8H16.C5H10O2.ClH/c1-8-6-4-2-3-5-7-8;1-5(2,3)7-4-6;/h8H,2-7H2,1H3;4H,1-3H3;1H. The van der Waals surface area contributed by atoms with Crippen LogP contribution >= 0.6 is 12.4 Å². The highest BCUT2D eigenvalue weighted by Gasteiger charge is 2.07.